The number of imidazole rings is 1. The SMILES string of the molecule is Cn1ccnc1CN1CCCN(S(=O)(=O)Cc2ccccc2)CC1. The third-order valence-corrected chi connectivity index (χ3v) is 6.27. The Hall–Kier alpha value is -1.70. The minimum atomic E-state index is -3.27. The molecule has 24 heavy (non-hydrogen) atoms. The number of aryl methyl sites for hydroxylation is 1. The van der Waals surface area contributed by atoms with Gasteiger partial charge in [-0.3, -0.25) is 4.90 Å². The molecule has 0 aliphatic carbocycles. The van der Waals surface area contributed by atoms with Crippen LogP contribution in [-0.4, -0.2) is 53.4 Å². The number of hydrogen-bond acceptors (Lipinski definition) is 4. The molecule has 0 saturated carbocycles. The van der Waals surface area contributed by atoms with E-state index >= 15 is 0 Å². The van der Waals surface area contributed by atoms with Crippen LogP contribution in [0.15, 0.2) is 42.7 Å². The maximum absolute atomic E-state index is 12.7. The Bertz CT molecular complexity index is 758. The van der Waals surface area contributed by atoms with Crippen molar-refractivity contribution in [3.05, 3.63) is 54.1 Å². The monoisotopic (exact) mass is 348 g/mol. The molecule has 1 fully saturated rings. The highest BCUT2D eigenvalue weighted by atomic mass is 32.2. The Labute approximate surface area is 143 Å². The van der Waals surface area contributed by atoms with Crippen LogP contribution in [0.5, 0.6) is 0 Å². The van der Waals surface area contributed by atoms with Crippen LogP contribution in [0.4, 0.5) is 0 Å². The van der Waals surface area contributed by atoms with Gasteiger partial charge in [-0.2, -0.15) is 0 Å². The fraction of sp³-hybridized carbons (Fsp3) is 0.471. The summed E-state index contributed by atoms with van der Waals surface area (Å²) in [5.74, 6) is 1.09. The van der Waals surface area contributed by atoms with Crippen LogP contribution in [0.2, 0.25) is 0 Å². The molecule has 1 aromatic heterocycles. The summed E-state index contributed by atoms with van der Waals surface area (Å²) in [4.78, 5) is 6.63. The molecule has 1 aromatic carbocycles. The van der Waals surface area contributed by atoms with Crippen molar-refractivity contribution in [1.82, 2.24) is 18.8 Å². The summed E-state index contributed by atoms with van der Waals surface area (Å²) in [5, 5.41) is 0. The smallest absolute Gasteiger partial charge is 0.218 e. The molecule has 7 heteroatoms. The van der Waals surface area contributed by atoms with Crippen molar-refractivity contribution in [1.29, 1.82) is 0 Å². The molecule has 0 N–H and O–H groups in total. The molecule has 3 rings (SSSR count). The summed E-state index contributed by atoms with van der Waals surface area (Å²) >= 11 is 0. The second-order valence-corrected chi connectivity index (χ2v) is 8.19. The quantitative estimate of drug-likeness (QED) is 0.821. The summed E-state index contributed by atoms with van der Waals surface area (Å²) in [6.45, 7) is 3.52. The maximum Gasteiger partial charge on any atom is 0.218 e. The van der Waals surface area contributed by atoms with Crippen molar-refractivity contribution >= 4 is 10.0 Å². The van der Waals surface area contributed by atoms with E-state index in [0.717, 1.165) is 37.4 Å². The molecule has 0 radical (unpaired) electrons. The zero-order chi connectivity index (χ0) is 17.0. The van der Waals surface area contributed by atoms with Gasteiger partial charge in [0.15, 0.2) is 0 Å². The van der Waals surface area contributed by atoms with Crippen molar-refractivity contribution in [3.8, 4) is 0 Å². The average molecular weight is 348 g/mol. The topological polar surface area (TPSA) is 58.4 Å². The molecule has 1 aliphatic heterocycles. The number of nitrogens with zero attached hydrogens (tertiary/aromatic N) is 4. The van der Waals surface area contributed by atoms with Gasteiger partial charge in [-0.05, 0) is 18.5 Å². The largest absolute Gasteiger partial charge is 0.337 e. The van der Waals surface area contributed by atoms with E-state index in [9.17, 15) is 8.42 Å². The van der Waals surface area contributed by atoms with Gasteiger partial charge in [-0.25, -0.2) is 17.7 Å². The highest BCUT2D eigenvalue weighted by Crippen LogP contribution is 2.15. The van der Waals surface area contributed by atoms with E-state index in [2.05, 4.69) is 9.88 Å². The third kappa shape index (κ3) is 4.23. The van der Waals surface area contributed by atoms with Crippen molar-refractivity contribution < 1.29 is 8.42 Å². The Morgan fingerprint density at radius 3 is 2.58 bits per heavy atom. The number of hydrogen-bond donors (Lipinski definition) is 0. The lowest BCUT2D eigenvalue weighted by Gasteiger charge is -2.21. The molecule has 0 unspecified atom stereocenters. The summed E-state index contributed by atoms with van der Waals surface area (Å²) in [6.07, 6.45) is 4.58. The minimum absolute atomic E-state index is 0.0766. The predicted molar refractivity (Wildman–Crippen MR) is 93.7 cm³/mol. The van der Waals surface area contributed by atoms with Crippen LogP contribution in [0.3, 0.4) is 0 Å². The fourth-order valence-corrected chi connectivity index (χ4v) is 4.57. The molecule has 2 heterocycles. The minimum Gasteiger partial charge on any atom is -0.337 e. The van der Waals surface area contributed by atoms with Crippen LogP contribution >= 0.6 is 0 Å². The molecule has 130 valence electrons. The van der Waals surface area contributed by atoms with Crippen molar-refractivity contribution in [3.63, 3.8) is 0 Å². The summed E-state index contributed by atoms with van der Waals surface area (Å²) in [5.41, 5.74) is 0.839. The number of sulfonamides is 1. The summed E-state index contributed by atoms with van der Waals surface area (Å²) < 4.78 is 29.0. The van der Waals surface area contributed by atoms with Crippen molar-refractivity contribution in [2.24, 2.45) is 7.05 Å². The first-order valence-corrected chi connectivity index (χ1v) is 9.86. The van der Waals surface area contributed by atoms with E-state index in [1.807, 2.05) is 48.1 Å². The Balaban J connectivity index is 1.61. The van der Waals surface area contributed by atoms with Gasteiger partial charge in [-0.1, -0.05) is 30.3 Å². The molecular formula is C17H24N4O2S. The second kappa shape index (κ2) is 7.46. The van der Waals surface area contributed by atoms with E-state index in [1.54, 1.807) is 10.5 Å². The van der Waals surface area contributed by atoms with Gasteiger partial charge in [0.1, 0.15) is 5.82 Å². The Morgan fingerprint density at radius 1 is 1.08 bits per heavy atom. The van der Waals surface area contributed by atoms with Gasteiger partial charge >= 0.3 is 0 Å². The van der Waals surface area contributed by atoms with Gasteiger partial charge < -0.3 is 4.57 Å². The van der Waals surface area contributed by atoms with E-state index in [0.29, 0.717) is 13.1 Å². The van der Waals surface area contributed by atoms with Crippen LogP contribution in [0.1, 0.15) is 17.8 Å². The van der Waals surface area contributed by atoms with Crippen LogP contribution < -0.4 is 0 Å². The summed E-state index contributed by atoms with van der Waals surface area (Å²) in [7, 11) is -1.28. The molecular weight excluding hydrogens is 324 g/mol. The first kappa shape index (κ1) is 17.1. The lowest BCUT2D eigenvalue weighted by atomic mass is 10.2. The highest BCUT2D eigenvalue weighted by molar-refractivity contribution is 7.88. The zero-order valence-electron chi connectivity index (χ0n) is 14.0. The van der Waals surface area contributed by atoms with Gasteiger partial charge in [0.2, 0.25) is 10.0 Å². The first-order valence-electron chi connectivity index (χ1n) is 8.25. The molecule has 0 amide bonds. The molecule has 1 saturated heterocycles. The molecule has 1 aliphatic rings. The highest BCUT2D eigenvalue weighted by Gasteiger charge is 2.25. The van der Waals surface area contributed by atoms with E-state index < -0.39 is 10.0 Å². The molecule has 0 atom stereocenters. The van der Waals surface area contributed by atoms with E-state index in [1.165, 1.54) is 0 Å². The number of rotatable bonds is 5. The number of benzene rings is 1. The second-order valence-electron chi connectivity index (χ2n) is 6.22. The van der Waals surface area contributed by atoms with Gasteiger partial charge in [0.05, 0.1) is 12.3 Å². The number of aromatic nitrogens is 2. The van der Waals surface area contributed by atoms with Crippen LogP contribution in [0, 0.1) is 0 Å². The third-order valence-electron chi connectivity index (χ3n) is 4.42. The molecule has 0 spiro atoms. The standard InChI is InChI=1S/C17H24N4O2S/c1-19-11-8-18-17(19)14-20-9-5-10-21(13-12-20)24(22,23)15-16-6-3-2-4-7-16/h2-4,6-8,11H,5,9-10,12-15H2,1H3. The van der Waals surface area contributed by atoms with Crippen LogP contribution in [-0.2, 0) is 29.4 Å². The van der Waals surface area contributed by atoms with Crippen molar-refractivity contribution in [2.75, 3.05) is 26.2 Å². The maximum atomic E-state index is 12.7. The van der Waals surface area contributed by atoms with E-state index in [4.69, 9.17) is 0 Å². The normalized spacial score (nSPS) is 17.7. The first-order chi connectivity index (χ1) is 11.5. The molecule has 6 nitrogen and oxygen atoms in total. The lowest BCUT2D eigenvalue weighted by molar-refractivity contribution is 0.269. The lowest BCUT2D eigenvalue weighted by Crippen LogP contribution is -2.36. The van der Waals surface area contributed by atoms with Crippen LogP contribution in [0.25, 0.3) is 0 Å². The molecule has 2 aromatic rings. The van der Waals surface area contributed by atoms with E-state index in [-0.39, 0.29) is 5.75 Å². The predicted octanol–water partition coefficient (Wildman–Crippen LogP) is 1.46. The van der Waals surface area contributed by atoms with Crippen molar-refractivity contribution in [2.45, 2.75) is 18.7 Å². The Morgan fingerprint density at radius 2 is 1.88 bits per heavy atom. The average Bonchev–Trinajstić information content (AvgIpc) is 2.81. The fourth-order valence-electron chi connectivity index (χ4n) is 3.01. The summed E-state index contributed by atoms with van der Waals surface area (Å²) in [6, 6.07) is 9.38. The van der Waals surface area contributed by atoms with Gasteiger partial charge in [-0.15, -0.1) is 0 Å². The Kier molecular flexibility index (Phi) is 5.33. The molecule has 0 bridgehead atoms. The van der Waals surface area contributed by atoms with Gasteiger partial charge in [0.25, 0.3) is 0 Å². The van der Waals surface area contributed by atoms with Gasteiger partial charge in [0, 0.05) is 39.1 Å². The zero-order valence-corrected chi connectivity index (χ0v) is 14.8.